The van der Waals surface area contributed by atoms with Gasteiger partial charge in [-0.2, -0.15) is 0 Å². The van der Waals surface area contributed by atoms with Crippen LogP contribution in [0.15, 0.2) is 42.5 Å². The monoisotopic (exact) mass is 328 g/mol. The third kappa shape index (κ3) is 4.25. The molecule has 24 heavy (non-hydrogen) atoms. The molecular weight excluding hydrogens is 308 g/mol. The minimum Gasteiger partial charge on any atom is -0.496 e. The van der Waals surface area contributed by atoms with Gasteiger partial charge in [0.2, 0.25) is 0 Å². The molecule has 0 amide bonds. The maximum Gasteiger partial charge on any atom is 0.336 e. The van der Waals surface area contributed by atoms with Crippen molar-refractivity contribution >= 4 is 11.8 Å². The van der Waals surface area contributed by atoms with Gasteiger partial charge in [0, 0.05) is 17.5 Å². The highest BCUT2D eigenvalue weighted by molar-refractivity contribution is 5.90. The summed E-state index contributed by atoms with van der Waals surface area (Å²) in [6, 6.07) is 12.4. The molecule has 0 saturated heterocycles. The number of rotatable bonds is 7. The van der Waals surface area contributed by atoms with Crippen LogP contribution in [0.5, 0.6) is 11.5 Å². The summed E-state index contributed by atoms with van der Waals surface area (Å²) < 4.78 is 10.8. The molecule has 2 aromatic rings. The lowest BCUT2D eigenvalue weighted by molar-refractivity contribution is 0.0695. The van der Waals surface area contributed by atoms with Crippen molar-refractivity contribution in [2.24, 2.45) is 0 Å². The van der Waals surface area contributed by atoms with E-state index in [1.807, 2.05) is 24.3 Å². The molecule has 0 aromatic heterocycles. The van der Waals surface area contributed by atoms with E-state index in [4.69, 9.17) is 20.0 Å². The third-order valence-corrected chi connectivity index (χ3v) is 3.59. The highest BCUT2D eigenvalue weighted by Gasteiger charge is 2.11. The number of hydrogen-bond donors (Lipinski definition) is 3. The van der Waals surface area contributed by atoms with Gasteiger partial charge in [-0.15, -0.1) is 0 Å². The van der Waals surface area contributed by atoms with Crippen LogP contribution in [0.1, 0.15) is 21.5 Å². The van der Waals surface area contributed by atoms with Crippen molar-refractivity contribution in [1.82, 2.24) is 5.32 Å². The van der Waals surface area contributed by atoms with E-state index in [9.17, 15) is 4.79 Å². The van der Waals surface area contributed by atoms with Crippen molar-refractivity contribution in [3.63, 3.8) is 0 Å². The predicted molar refractivity (Wildman–Crippen MR) is 91.2 cm³/mol. The Kier molecular flexibility index (Phi) is 5.78. The first-order valence-electron chi connectivity index (χ1n) is 7.41. The van der Waals surface area contributed by atoms with Gasteiger partial charge in [-0.3, -0.25) is 5.41 Å². The second-order valence-corrected chi connectivity index (χ2v) is 5.17. The molecule has 0 heterocycles. The van der Waals surface area contributed by atoms with E-state index >= 15 is 0 Å². The Bertz CT molecular complexity index is 744. The van der Waals surface area contributed by atoms with Gasteiger partial charge in [0.25, 0.3) is 0 Å². The highest BCUT2D eigenvalue weighted by atomic mass is 16.5. The fourth-order valence-corrected chi connectivity index (χ4v) is 2.31. The van der Waals surface area contributed by atoms with Gasteiger partial charge in [0.1, 0.15) is 17.3 Å². The van der Waals surface area contributed by atoms with Crippen LogP contribution in [-0.4, -0.2) is 30.8 Å². The van der Waals surface area contributed by atoms with Gasteiger partial charge in [-0.25, -0.2) is 4.79 Å². The zero-order valence-corrected chi connectivity index (χ0v) is 13.6. The van der Waals surface area contributed by atoms with Crippen molar-refractivity contribution in [2.45, 2.75) is 13.3 Å². The van der Waals surface area contributed by atoms with E-state index in [0.717, 1.165) is 11.3 Å². The fourth-order valence-electron chi connectivity index (χ4n) is 2.31. The number of carboxylic acid groups (broad SMARTS) is 1. The summed E-state index contributed by atoms with van der Waals surface area (Å²) >= 11 is 0. The molecule has 0 saturated carbocycles. The number of hydrogen-bond acceptors (Lipinski definition) is 4. The molecule has 0 unspecified atom stereocenters. The molecule has 3 N–H and O–H groups in total. The maximum atomic E-state index is 11.1. The van der Waals surface area contributed by atoms with Gasteiger partial charge >= 0.3 is 5.97 Å². The third-order valence-electron chi connectivity index (χ3n) is 3.59. The Morgan fingerprint density at radius 2 is 1.88 bits per heavy atom. The van der Waals surface area contributed by atoms with Crippen LogP contribution in [0.4, 0.5) is 0 Å². The smallest absolute Gasteiger partial charge is 0.336 e. The number of aromatic carboxylic acids is 1. The van der Waals surface area contributed by atoms with Crippen LogP contribution in [0.3, 0.4) is 0 Å². The molecule has 0 spiro atoms. The summed E-state index contributed by atoms with van der Waals surface area (Å²) in [7, 11) is 1.59. The van der Waals surface area contributed by atoms with E-state index in [-0.39, 0.29) is 18.1 Å². The Hall–Kier alpha value is -3.02. The lowest BCUT2D eigenvalue weighted by Gasteiger charge is -2.14. The van der Waals surface area contributed by atoms with E-state index in [0.29, 0.717) is 17.7 Å². The zero-order valence-electron chi connectivity index (χ0n) is 13.6. The Labute approximate surface area is 140 Å². The molecule has 6 nitrogen and oxygen atoms in total. The van der Waals surface area contributed by atoms with E-state index in [1.54, 1.807) is 26.2 Å². The lowest BCUT2D eigenvalue weighted by Crippen LogP contribution is -2.28. The second-order valence-electron chi connectivity index (χ2n) is 5.17. The largest absolute Gasteiger partial charge is 0.496 e. The summed E-state index contributed by atoms with van der Waals surface area (Å²) in [5.41, 5.74) is 1.67. The molecule has 126 valence electrons. The zero-order chi connectivity index (χ0) is 17.5. The van der Waals surface area contributed by atoms with Crippen LogP contribution in [0, 0.1) is 12.3 Å². The Balaban J connectivity index is 1.91. The quantitative estimate of drug-likeness (QED) is 0.413. The van der Waals surface area contributed by atoms with Crippen LogP contribution >= 0.6 is 0 Å². The number of methoxy groups -OCH3 is 1. The van der Waals surface area contributed by atoms with Crippen molar-refractivity contribution in [2.75, 3.05) is 13.8 Å². The molecule has 0 aliphatic carbocycles. The predicted octanol–water partition coefficient (Wildman–Crippen LogP) is 2.85. The van der Waals surface area contributed by atoms with Crippen LogP contribution in [0.25, 0.3) is 0 Å². The number of carbonyl (C=O) groups is 1. The number of carboxylic acids is 1. The van der Waals surface area contributed by atoms with Crippen molar-refractivity contribution in [3.05, 3.63) is 59.2 Å². The number of nitrogens with one attached hydrogen (secondary N) is 2. The average molecular weight is 328 g/mol. The molecule has 2 aromatic carbocycles. The molecule has 0 atom stereocenters. The van der Waals surface area contributed by atoms with Crippen LogP contribution < -0.4 is 14.8 Å². The van der Waals surface area contributed by atoms with Gasteiger partial charge in [0.15, 0.2) is 6.73 Å². The van der Waals surface area contributed by atoms with E-state index < -0.39 is 5.97 Å². The number of benzene rings is 2. The molecule has 0 aliphatic heterocycles. The number of ether oxygens (including phenoxy) is 2. The first-order valence-corrected chi connectivity index (χ1v) is 7.41. The highest BCUT2D eigenvalue weighted by Crippen LogP contribution is 2.21. The molecule has 0 radical (unpaired) electrons. The van der Waals surface area contributed by atoms with Crippen LogP contribution in [-0.2, 0) is 6.42 Å². The standard InChI is InChI=1S/C18H20N2O4/c1-12-14(18(21)22)7-5-9-15(12)24-11-20-17(19)10-13-6-3-4-8-16(13)23-2/h3-9H,10-11H2,1-2H3,(H2,19,20)(H,21,22). The average Bonchev–Trinajstić information content (AvgIpc) is 2.56. The van der Waals surface area contributed by atoms with E-state index in [2.05, 4.69) is 5.32 Å². The van der Waals surface area contributed by atoms with Crippen molar-refractivity contribution < 1.29 is 19.4 Å². The lowest BCUT2D eigenvalue weighted by atomic mass is 10.1. The minimum absolute atomic E-state index is 0.0812. The fraction of sp³-hybridized carbons (Fsp3) is 0.222. The van der Waals surface area contributed by atoms with Crippen molar-refractivity contribution in [1.29, 1.82) is 5.41 Å². The van der Waals surface area contributed by atoms with Gasteiger partial charge in [-0.1, -0.05) is 24.3 Å². The minimum atomic E-state index is -0.991. The molecule has 2 rings (SSSR count). The summed E-state index contributed by atoms with van der Waals surface area (Å²) in [6.45, 7) is 1.77. The summed E-state index contributed by atoms with van der Waals surface area (Å²) in [6.07, 6.45) is 0.390. The first kappa shape index (κ1) is 17.3. The van der Waals surface area contributed by atoms with Gasteiger partial charge in [0.05, 0.1) is 12.7 Å². The summed E-state index contributed by atoms with van der Waals surface area (Å²) in [4.78, 5) is 11.1. The number of para-hydroxylation sites is 1. The van der Waals surface area contributed by atoms with Crippen molar-refractivity contribution in [3.8, 4) is 11.5 Å². The second kappa shape index (κ2) is 8.01. The summed E-state index contributed by atoms with van der Waals surface area (Å²) in [5, 5.41) is 20.0. The first-order chi connectivity index (χ1) is 11.5. The SMILES string of the molecule is COc1ccccc1CC(=N)NCOc1cccc(C(=O)O)c1C. The number of amidine groups is 1. The molecular formula is C18H20N2O4. The Morgan fingerprint density at radius 1 is 1.17 bits per heavy atom. The summed E-state index contributed by atoms with van der Waals surface area (Å²) in [5.74, 6) is 0.504. The molecule has 6 heteroatoms. The molecule has 0 fully saturated rings. The van der Waals surface area contributed by atoms with E-state index in [1.165, 1.54) is 6.07 Å². The molecule has 0 aliphatic rings. The normalized spacial score (nSPS) is 10.1. The maximum absolute atomic E-state index is 11.1. The topological polar surface area (TPSA) is 91.6 Å². The van der Waals surface area contributed by atoms with Gasteiger partial charge in [-0.05, 0) is 25.1 Å². The van der Waals surface area contributed by atoms with Gasteiger partial charge < -0.3 is 19.9 Å². The molecule has 0 bridgehead atoms. The Morgan fingerprint density at radius 3 is 2.58 bits per heavy atom. The van der Waals surface area contributed by atoms with Crippen LogP contribution in [0.2, 0.25) is 0 Å².